The van der Waals surface area contributed by atoms with E-state index in [1.807, 2.05) is 49.4 Å². The third kappa shape index (κ3) is 5.88. The highest BCUT2D eigenvalue weighted by Crippen LogP contribution is 2.20. The van der Waals surface area contributed by atoms with Crippen molar-refractivity contribution in [2.75, 3.05) is 32.6 Å². The number of hydrogen-bond acceptors (Lipinski definition) is 2. The summed E-state index contributed by atoms with van der Waals surface area (Å²) in [7, 11) is 4.22. The van der Waals surface area contributed by atoms with Gasteiger partial charge >= 0.3 is 0 Å². The summed E-state index contributed by atoms with van der Waals surface area (Å²) in [5.74, 6) is 0.849. The van der Waals surface area contributed by atoms with Gasteiger partial charge in [-0.3, -0.25) is 0 Å². The first-order valence-corrected chi connectivity index (χ1v) is 9.12. The van der Waals surface area contributed by atoms with E-state index in [-0.39, 0.29) is 6.04 Å². The first-order chi connectivity index (χ1) is 12.0. The maximum absolute atomic E-state index is 6.35. The van der Waals surface area contributed by atoms with Gasteiger partial charge < -0.3 is 20.3 Å². The van der Waals surface area contributed by atoms with Crippen LogP contribution in [0.1, 0.15) is 18.5 Å². The van der Waals surface area contributed by atoms with Gasteiger partial charge in [-0.05, 0) is 49.5 Å². The zero-order chi connectivity index (χ0) is 18.2. The van der Waals surface area contributed by atoms with Crippen LogP contribution >= 0.6 is 23.8 Å². The lowest BCUT2D eigenvalue weighted by molar-refractivity contribution is -0.890. The molecule has 0 saturated heterocycles. The van der Waals surface area contributed by atoms with Gasteiger partial charge in [0.15, 0.2) is 5.11 Å². The van der Waals surface area contributed by atoms with E-state index >= 15 is 0 Å². The molecule has 4 nitrogen and oxygen atoms in total. The Morgan fingerprint density at radius 1 is 1.16 bits per heavy atom. The van der Waals surface area contributed by atoms with Crippen molar-refractivity contribution in [3.05, 3.63) is 59.1 Å². The largest absolute Gasteiger partial charge is 0.494 e. The predicted molar refractivity (Wildman–Crippen MR) is 109 cm³/mol. The molecule has 0 amide bonds. The quantitative estimate of drug-likeness (QED) is 0.648. The third-order valence-electron chi connectivity index (χ3n) is 3.87. The molecule has 0 bridgehead atoms. The van der Waals surface area contributed by atoms with E-state index in [0.29, 0.717) is 18.3 Å². The highest BCUT2D eigenvalue weighted by molar-refractivity contribution is 7.80. The van der Waals surface area contributed by atoms with Gasteiger partial charge in [0.2, 0.25) is 0 Å². The highest BCUT2D eigenvalue weighted by atomic mass is 35.5. The molecule has 0 aromatic heterocycles. The molecular formula is C19H25ClN3OS+. The Balaban J connectivity index is 1.94. The van der Waals surface area contributed by atoms with Crippen molar-refractivity contribution in [2.45, 2.75) is 13.0 Å². The number of ether oxygens (including phenoxy) is 1. The average Bonchev–Trinajstić information content (AvgIpc) is 2.58. The lowest BCUT2D eigenvalue weighted by Crippen LogP contribution is -3.07. The molecule has 25 heavy (non-hydrogen) atoms. The molecule has 0 aliphatic heterocycles. The number of rotatable bonds is 7. The average molecular weight is 379 g/mol. The summed E-state index contributed by atoms with van der Waals surface area (Å²) in [5.41, 5.74) is 2.04. The maximum atomic E-state index is 6.35. The molecule has 6 heteroatoms. The van der Waals surface area contributed by atoms with Crippen molar-refractivity contribution in [3.8, 4) is 5.75 Å². The van der Waals surface area contributed by atoms with Gasteiger partial charge in [-0.2, -0.15) is 0 Å². The molecule has 2 rings (SSSR count). The van der Waals surface area contributed by atoms with E-state index in [0.717, 1.165) is 22.0 Å². The number of likely N-dealkylation sites (N-methyl/N-ethyl adjacent to an activating group) is 1. The molecular weight excluding hydrogens is 354 g/mol. The fourth-order valence-electron chi connectivity index (χ4n) is 2.55. The van der Waals surface area contributed by atoms with Crippen LogP contribution in [0.4, 0.5) is 5.69 Å². The standard InChI is InChI=1S/C19H24ClN3OS/c1-4-24-15-11-9-14(10-12-15)22-19(25)21-13-18(23(2)3)16-7-5-6-8-17(16)20/h5-12,18H,4,13H2,1-3H3,(H2,21,22,25)/p+1/t18-/m1/s1. The molecule has 0 heterocycles. The number of anilines is 1. The Labute approximate surface area is 160 Å². The highest BCUT2D eigenvalue weighted by Gasteiger charge is 2.20. The van der Waals surface area contributed by atoms with E-state index in [9.17, 15) is 0 Å². The van der Waals surface area contributed by atoms with Gasteiger partial charge in [0.05, 0.1) is 27.2 Å². The van der Waals surface area contributed by atoms with Crippen LogP contribution in [0.15, 0.2) is 48.5 Å². The second-order valence-corrected chi connectivity index (χ2v) is 6.76. The van der Waals surface area contributed by atoms with Crippen LogP contribution in [0.5, 0.6) is 5.75 Å². The fraction of sp³-hybridized carbons (Fsp3) is 0.316. The monoisotopic (exact) mass is 378 g/mol. The van der Waals surface area contributed by atoms with Crippen LogP contribution in [-0.2, 0) is 0 Å². The molecule has 0 unspecified atom stereocenters. The molecule has 0 saturated carbocycles. The SMILES string of the molecule is CCOc1ccc(NC(=S)NC[C@H](c2ccccc2Cl)[NH+](C)C)cc1. The van der Waals surface area contributed by atoms with Crippen LogP contribution in [0.3, 0.4) is 0 Å². The fourth-order valence-corrected chi connectivity index (χ4v) is 3.02. The van der Waals surface area contributed by atoms with E-state index in [2.05, 4.69) is 30.8 Å². The van der Waals surface area contributed by atoms with Gasteiger partial charge in [-0.15, -0.1) is 0 Å². The zero-order valence-electron chi connectivity index (χ0n) is 14.8. The third-order valence-corrected chi connectivity index (χ3v) is 4.46. The minimum Gasteiger partial charge on any atom is -0.494 e. The molecule has 0 fully saturated rings. The Kier molecular flexibility index (Phi) is 7.50. The number of halogens is 1. The smallest absolute Gasteiger partial charge is 0.171 e. The minimum atomic E-state index is 0.203. The summed E-state index contributed by atoms with van der Waals surface area (Å²) in [6, 6.07) is 15.9. The summed E-state index contributed by atoms with van der Waals surface area (Å²) >= 11 is 11.8. The predicted octanol–water partition coefficient (Wildman–Crippen LogP) is 2.91. The Hall–Kier alpha value is -1.82. The van der Waals surface area contributed by atoms with Gasteiger partial charge in [0, 0.05) is 16.3 Å². The van der Waals surface area contributed by atoms with Gasteiger partial charge in [-0.25, -0.2) is 0 Å². The van der Waals surface area contributed by atoms with Crippen molar-refractivity contribution < 1.29 is 9.64 Å². The van der Waals surface area contributed by atoms with Crippen LogP contribution in [0.25, 0.3) is 0 Å². The Morgan fingerprint density at radius 2 is 1.84 bits per heavy atom. The van der Waals surface area contributed by atoms with Crippen molar-refractivity contribution in [1.29, 1.82) is 0 Å². The molecule has 0 aliphatic rings. The first kappa shape index (κ1) is 19.5. The lowest BCUT2D eigenvalue weighted by Gasteiger charge is -2.24. The van der Waals surface area contributed by atoms with E-state index < -0.39 is 0 Å². The second-order valence-electron chi connectivity index (χ2n) is 5.94. The normalized spacial score (nSPS) is 11.9. The van der Waals surface area contributed by atoms with Crippen molar-refractivity contribution in [1.82, 2.24) is 5.32 Å². The summed E-state index contributed by atoms with van der Waals surface area (Å²) in [6.07, 6.45) is 0. The van der Waals surface area contributed by atoms with E-state index in [1.165, 1.54) is 4.90 Å². The Morgan fingerprint density at radius 3 is 2.44 bits per heavy atom. The molecule has 2 aromatic rings. The van der Waals surface area contributed by atoms with Crippen molar-refractivity contribution in [3.63, 3.8) is 0 Å². The molecule has 0 aliphatic carbocycles. The van der Waals surface area contributed by atoms with Gasteiger partial charge in [0.25, 0.3) is 0 Å². The number of benzene rings is 2. The van der Waals surface area contributed by atoms with E-state index in [1.54, 1.807) is 0 Å². The van der Waals surface area contributed by atoms with Crippen LogP contribution in [0.2, 0.25) is 5.02 Å². The molecule has 0 radical (unpaired) electrons. The number of quaternary nitrogens is 1. The van der Waals surface area contributed by atoms with Crippen LogP contribution < -0.4 is 20.3 Å². The molecule has 1 atom stereocenters. The zero-order valence-corrected chi connectivity index (χ0v) is 16.4. The molecule has 3 N–H and O–H groups in total. The first-order valence-electron chi connectivity index (χ1n) is 8.33. The van der Waals surface area contributed by atoms with Crippen molar-refractivity contribution >= 4 is 34.6 Å². The van der Waals surface area contributed by atoms with Crippen molar-refractivity contribution in [2.24, 2.45) is 0 Å². The lowest BCUT2D eigenvalue weighted by atomic mass is 10.1. The van der Waals surface area contributed by atoms with Crippen LogP contribution in [-0.4, -0.2) is 32.4 Å². The summed E-state index contributed by atoms with van der Waals surface area (Å²) in [4.78, 5) is 1.28. The summed E-state index contributed by atoms with van der Waals surface area (Å²) < 4.78 is 5.44. The van der Waals surface area contributed by atoms with Gasteiger partial charge in [0.1, 0.15) is 11.8 Å². The summed E-state index contributed by atoms with van der Waals surface area (Å²) in [5, 5.41) is 7.85. The number of thiocarbonyl (C=S) groups is 1. The second kappa shape index (κ2) is 9.61. The summed E-state index contributed by atoms with van der Waals surface area (Å²) in [6.45, 7) is 3.31. The molecule has 2 aromatic carbocycles. The molecule has 134 valence electrons. The van der Waals surface area contributed by atoms with E-state index in [4.69, 9.17) is 28.6 Å². The number of nitrogens with one attached hydrogen (secondary N) is 3. The maximum Gasteiger partial charge on any atom is 0.171 e. The minimum absolute atomic E-state index is 0.203. The molecule has 0 spiro atoms. The van der Waals surface area contributed by atoms with Crippen LogP contribution in [0, 0.1) is 0 Å². The topological polar surface area (TPSA) is 37.7 Å². The number of hydrogen-bond donors (Lipinski definition) is 3. The van der Waals surface area contributed by atoms with Gasteiger partial charge in [-0.1, -0.05) is 29.8 Å². The Bertz CT molecular complexity index is 691.